The molecule has 35 atom stereocenters. The Kier molecular flexibility index (Phi) is 34.4. The molecule has 0 amide bonds. The van der Waals surface area contributed by atoms with E-state index in [1.165, 1.54) is 149 Å². The smallest absolute Gasteiger partial charge is 0.187 e. The second-order valence-electron chi connectivity index (χ2n) is 25.6. The van der Waals surface area contributed by atoms with Gasteiger partial charge in [0.1, 0.15) is 171 Å². The van der Waals surface area contributed by atoms with E-state index in [9.17, 15) is 0 Å². The molecule has 0 radical (unpaired) electrons. The predicted molar refractivity (Wildman–Crippen MR) is 345 cm³/mol. The highest BCUT2D eigenvalue weighted by Crippen LogP contribution is 2.43. The van der Waals surface area contributed by atoms with Crippen LogP contribution in [-0.4, -0.2) is 413 Å². The van der Waals surface area contributed by atoms with Gasteiger partial charge in [-0.05, 0) is 0 Å². The minimum atomic E-state index is -1.30. The molecule has 103 heavy (non-hydrogen) atoms. The molecule has 0 saturated carbocycles. The van der Waals surface area contributed by atoms with Crippen LogP contribution in [0.3, 0.4) is 0 Å². The Hall–Kier alpha value is -2.19. The molecule has 0 aromatic carbocycles. The lowest BCUT2D eigenvalue weighted by Crippen LogP contribution is -2.69. The van der Waals surface area contributed by atoms with Crippen LogP contribution in [0.5, 0.6) is 0 Å². The minimum absolute atomic E-state index is 0.0254. The summed E-state index contributed by atoms with van der Waals surface area (Å²) in [6.45, 7) is -0.403. The zero-order valence-corrected chi connectivity index (χ0v) is 62.8. The van der Waals surface area contributed by atoms with E-state index in [2.05, 4.69) is 9.97 Å². The van der Waals surface area contributed by atoms with Gasteiger partial charge in [-0.3, -0.25) is 0 Å². The second-order valence-corrected chi connectivity index (χ2v) is 25.6. The lowest BCUT2D eigenvalue weighted by Gasteiger charge is -2.52. The van der Waals surface area contributed by atoms with E-state index < -0.39 is 215 Å². The summed E-state index contributed by atoms with van der Waals surface area (Å²) in [5, 5.41) is 0. The maximum Gasteiger partial charge on any atom is 0.187 e. The van der Waals surface area contributed by atoms with Crippen LogP contribution in [0, 0.1) is 0 Å². The van der Waals surface area contributed by atoms with Crippen molar-refractivity contribution in [2.75, 3.05) is 188 Å². The van der Waals surface area contributed by atoms with Gasteiger partial charge in [-0.2, -0.15) is 0 Å². The summed E-state index contributed by atoms with van der Waals surface area (Å²) in [6.07, 6.45) is -33.7. The van der Waals surface area contributed by atoms with Crippen molar-refractivity contribution in [3.63, 3.8) is 0 Å². The van der Waals surface area contributed by atoms with E-state index in [0.29, 0.717) is 5.69 Å². The minimum Gasteiger partial charge on any atom is -0.382 e. The molecule has 1 unspecified atom stereocenters. The Morgan fingerprint density at radius 3 is 0.573 bits per heavy atom. The molecule has 21 aliphatic heterocycles. The molecule has 21 saturated heterocycles. The van der Waals surface area contributed by atoms with Gasteiger partial charge in [-0.1, -0.05) is 0 Å². The number of methoxy groups -OCH3 is 20. The van der Waals surface area contributed by atoms with Crippen LogP contribution in [0.2, 0.25) is 0 Å². The monoisotopic (exact) mass is 1490 g/mol. The van der Waals surface area contributed by atoms with Crippen LogP contribution in [0.1, 0.15) is 5.69 Å². The van der Waals surface area contributed by atoms with E-state index in [4.69, 9.17) is 166 Å². The Morgan fingerprint density at radius 2 is 0.417 bits per heavy atom. The van der Waals surface area contributed by atoms with Crippen molar-refractivity contribution in [2.24, 2.45) is 0 Å². The molecule has 0 spiro atoms. The molecule has 1 aromatic heterocycles. The van der Waals surface area contributed by atoms with E-state index >= 15 is 0 Å². The van der Waals surface area contributed by atoms with Crippen molar-refractivity contribution in [2.45, 2.75) is 222 Å². The highest BCUT2D eigenvalue weighted by Gasteiger charge is 2.62. The zero-order valence-electron chi connectivity index (χ0n) is 62.8. The number of hydrogen-bond acceptors (Lipinski definition) is 36. The second kappa shape index (κ2) is 41.7. The van der Waals surface area contributed by atoms with Gasteiger partial charge in [-0.25, -0.2) is 4.98 Å². The fourth-order valence-corrected chi connectivity index (χ4v) is 15.3. The van der Waals surface area contributed by atoms with E-state index in [1.54, 1.807) is 6.20 Å². The molecule has 14 bridgehead atoms. The molecule has 1 aromatic rings. The summed E-state index contributed by atoms with van der Waals surface area (Å²) in [6, 6.07) is 0. The number of nitrogens with zero attached hydrogens (tertiary/aromatic N) is 1. The van der Waals surface area contributed by atoms with Gasteiger partial charge >= 0.3 is 0 Å². The number of ether oxygens (including phenoxy) is 35. The average molecular weight is 1500 g/mol. The largest absolute Gasteiger partial charge is 0.382 e. The third kappa shape index (κ3) is 18.9. The number of H-pyrrole nitrogens is 1. The van der Waals surface area contributed by atoms with Crippen LogP contribution in [0.15, 0.2) is 12.5 Å². The number of nitrogens with one attached hydrogen (secondary N) is 1. The Morgan fingerprint density at radius 1 is 0.243 bits per heavy atom. The first kappa shape index (κ1) is 84.8. The van der Waals surface area contributed by atoms with Crippen molar-refractivity contribution in [1.82, 2.24) is 9.97 Å². The maximum absolute atomic E-state index is 7.18. The van der Waals surface area contributed by atoms with Crippen LogP contribution < -0.4 is 0 Å². The third-order valence-corrected chi connectivity index (χ3v) is 20.0. The number of imidazole rings is 1. The summed E-state index contributed by atoms with van der Waals surface area (Å²) in [5.41, 5.74) is 0.620. The molecule has 598 valence electrons. The Balaban J connectivity index is 1.15. The van der Waals surface area contributed by atoms with Gasteiger partial charge in [0.05, 0.1) is 71.1 Å². The topological polar surface area (TPSA) is 352 Å². The zero-order chi connectivity index (χ0) is 74.0. The first-order valence-electron chi connectivity index (χ1n) is 34.3. The highest BCUT2D eigenvalue weighted by molar-refractivity contribution is 5.05. The average Bonchev–Trinajstić information content (AvgIpc) is 0.851. The molecule has 1 N–H and O–H groups in total. The first-order valence-corrected chi connectivity index (χ1v) is 34.3. The van der Waals surface area contributed by atoms with E-state index in [0.717, 1.165) is 0 Å². The van der Waals surface area contributed by atoms with E-state index in [-0.39, 0.29) is 52.9 Å². The van der Waals surface area contributed by atoms with Crippen LogP contribution in [0.25, 0.3) is 0 Å². The third-order valence-electron chi connectivity index (χ3n) is 20.0. The number of aromatic amines is 1. The standard InChI is InChI=1S/C66H114N2O35/c1-69-23-32-39-46(76-8)53(83-15)61(90-32)98-41-34(25-71-3)92-63(55(85-17)48(41)78-10)100-43-36(27-73-5)94-65(57(87-19)50(43)80-12)102-45-38(29-75-7)96-66(59(52(45)82-14)89-22-31-21-67-30-68-31)103-44-37(28-74-6)95-64(58(88-20)51(44)81-13)101-42-35(26-72-4)93-62(56(86-18)49(42)79-11)99-40-33(24-70-2)91-60(97-39)54(84-16)47(40)77-9/h21,30,32-66H,22-29H2,1-20H3,(H,67,68)/t32-,33-,34-,35-,36-,37-,38-,39-,40-,41-,42-,43-,44-,45-,46+,47?,48+,49+,50+,51+,52+,53-,54-,55-,56-,57-,58-,59-,60-,61-,62-,63-,64-,65-,66-/m1/s1. The van der Waals surface area contributed by atoms with Crippen LogP contribution in [-0.2, 0) is 172 Å². The number of aromatic nitrogens is 2. The summed E-state index contributed by atoms with van der Waals surface area (Å²) in [7, 11) is 30.2. The first-order chi connectivity index (χ1) is 50.2. The SMILES string of the molecule is COC[C@H]1O[C@@H]2O[C@H]3C(OC)[C@@H](OC)[C@@H](O[C@H]4[C@H](OC)[C@@H](OC)[C@@H](O[C@H]5[C@H](OC)[C@@H](OC)[C@@H](O[C@H]6[C@H](OC)[C@@H](OC)[C@@H](O[C@H]7[C@H](OC)[C@@H](OCc8cnc[nH]8)[C@@H](O[C@H]8[C@H](OC)[C@@H](OC)[C@@H](O[C@H]1[C@H](OC)[C@H]2OC)O[C@@H]8COC)O[C@@H]7COC)O[C@@H]6COC)O[C@@H]5COC)O[C@@H]4COC)O[C@@H]3COC. The van der Waals surface area contributed by atoms with Crippen LogP contribution in [0.4, 0.5) is 0 Å². The molecular formula is C66H114N2O35. The Bertz CT molecular complexity index is 2490. The molecule has 21 fully saturated rings. The molecule has 37 nitrogen and oxygen atoms in total. The van der Waals surface area contributed by atoms with Crippen molar-refractivity contribution in [1.29, 1.82) is 0 Å². The predicted octanol–water partition coefficient (Wildman–Crippen LogP) is -1.20. The van der Waals surface area contributed by atoms with Crippen LogP contribution >= 0.6 is 0 Å². The number of rotatable bonds is 30. The van der Waals surface area contributed by atoms with Crippen molar-refractivity contribution in [3.8, 4) is 0 Å². The summed E-state index contributed by atoms with van der Waals surface area (Å²) in [4.78, 5) is 7.33. The molecule has 22 rings (SSSR count). The summed E-state index contributed by atoms with van der Waals surface area (Å²) >= 11 is 0. The number of hydrogen-bond donors (Lipinski definition) is 1. The van der Waals surface area contributed by atoms with Gasteiger partial charge in [-0.15, -0.1) is 0 Å². The fraction of sp³-hybridized carbons (Fsp3) is 0.955. The van der Waals surface area contributed by atoms with Gasteiger partial charge in [0.15, 0.2) is 44.0 Å². The summed E-state index contributed by atoms with van der Waals surface area (Å²) in [5.74, 6) is 0. The highest BCUT2D eigenvalue weighted by atomic mass is 16.8. The van der Waals surface area contributed by atoms with Crippen molar-refractivity contribution >= 4 is 0 Å². The van der Waals surface area contributed by atoms with Crippen molar-refractivity contribution < 1.29 is 166 Å². The molecule has 21 aliphatic rings. The Labute approximate surface area is 602 Å². The molecule has 0 aliphatic carbocycles. The molecule has 37 heteroatoms. The maximum atomic E-state index is 7.18. The van der Waals surface area contributed by atoms with Gasteiger partial charge in [0.2, 0.25) is 0 Å². The van der Waals surface area contributed by atoms with Gasteiger partial charge < -0.3 is 171 Å². The normalized spacial score (nSPS) is 44.4. The van der Waals surface area contributed by atoms with Crippen molar-refractivity contribution in [3.05, 3.63) is 18.2 Å². The molecular weight excluding hydrogens is 1380 g/mol. The lowest BCUT2D eigenvalue weighted by molar-refractivity contribution is -0.403. The van der Waals surface area contributed by atoms with E-state index in [1.807, 2.05) is 0 Å². The summed E-state index contributed by atoms with van der Waals surface area (Å²) < 4.78 is 228. The fourth-order valence-electron chi connectivity index (χ4n) is 15.3. The van der Waals surface area contributed by atoms with Gasteiger partial charge in [0, 0.05) is 142 Å². The molecule has 22 heterocycles. The van der Waals surface area contributed by atoms with Gasteiger partial charge in [0.25, 0.3) is 0 Å². The lowest BCUT2D eigenvalue weighted by atomic mass is 9.94. The quantitative estimate of drug-likeness (QED) is 0.0945.